The van der Waals surface area contributed by atoms with E-state index in [4.69, 9.17) is 4.74 Å². The average molecular weight is 330 g/mol. The van der Waals surface area contributed by atoms with Crippen molar-refractivity contribution < 1.29 is 19.0 Å². The van der Waals surface area contributed by atoms with E-state index in [2.05, 4.69) is 4.98 Å². The lowest BCUT2D eigenvalue weighted by Gasteiger charge is -2.35. The Labute approximate surface area is 139 Å². The molecule has 1 aliphatic rings. The summed E-state index contributed by atoms with van der Waals surface area (Å²) in [7, 11) is 1.74. The van der Waals surface area contributed by atoms with Gasteiger partial charge in [-0.25, -0.2) is 4.39 Å². The van der Waals surface area contributed by atoms with Crippen molar-refractivity contribution in [1.82, 2.24) is 9.88 Å². The third-order valence-electron chi connectivity index (χ3n) is 4.34. The number of pyridine rings is 1. The van der Waals surface area contributed by atoms with E-state index in [1.165, 1.54) is 30.6 Å². The summed E-state index contributed by atoms with van der Waals surface area (Å²) in [4.78, 5) is 18.1. The molecule has 24 heavy (non-hydrogen) atoms. The summed E-state index contributed by atoms with van der Waals surface area (Å²) in [6.45, 7) is 0.530. The van der Waals surface area contributed by atoms with Gasteiger partial charge in [-0.15, -0.1) is 0 Å². The Hall–Kier alpha value is -2.47. The van der Waals surface area contributed by atoms with Crippen molar-refractivity contribution >= 4 is 5.91 Å². The first-order chi connectivity index (χ1) is 11.5. The van der Waals surface area contributed by atoms with Gasteiger partial charge >= 0.3 is 0 Å². The molecule has 1 aromatic carbocycles. The number of amides is 1. The fraction of sp³-hybridized carbons (Fsp3) is 0.333. The summed E-state index contributed by atoms with van der Waals surface area (Å²) < 4.78 is 18.8. The van der Waals surface area contributed by atoms with Crippen molar-refractivity contribution in [1.29, 1.82) is 0 Å². The normalized spacial score (nSPS) is 20.6. The second-order valence-electron chi connectivity index (χ2n) is 5.94. The van der Waals surface area contributed by atoms with Gasteiger partial charge in [0.25, 0.3) is 5.91 Å². The van der Waals surface area contributed by atoms with Crippen LogP contribution in [0.15, 0.2) is 42.7 Å². The Morgan fingerprint density at radius 1 is 1.33 bits per heavy atom. The van der Waals surface area contributed by atoms with E-state index in [1.807, 2.05) is 0 Å². The number of aromatic nitrogens is 1. The molecule has 126 valence electrons. The van der Waals surface area contributed by atoms with E-state index in [1.54, 1.807) is 24.1 Å². The molecule has 0 bridgehead atoms. The second kappa shape index (κ2) is 6.97. The quantitative estimate of drug-likeness (QED) is 0.940. The molecule has 1 aromatic heterocycles. The highest BCUT2D eigenvalue weighted by atomic mass is 19.1. The zero-order chi connectivity index (χ0) is 17.1. The monoisotopic (exact) mass is 330 g/mol. The third kappa shape index (κ3) is 3.54. The van der Waals surface area contributed by atoms with E-state index in [0.29, 0.717) is 18.6 Å². The maximum atomic E-state index is 13.1. The number of aromatic hydroxyl groups is 1. The summed E-state index contributed by atoms with van der Waals surface area (Å²) in [5, 5.41) is 9.48. The molecule has 1 amide bonds. The van der Waals surface area contributed by atoms with E-state index in [-0.39, 0.29) is 29.6 Å². The summed E-state index contributed by atoms with van der Waals surface area (Å²) in [5.74, 6) is -0.511. The van der Waals surface area contributed by atoms with Gasteiger partial charge in [-0.2, -0.15) is 0 Å². The maximum absolute atomic E-state index is 13.1. The number of benzene rings is 1. The zero-order valence-corrected chi connectivity index (χ0v) is 13.4. The van der Waals surface area contributed by atoms with E-state index in [0.717, 1.165) is 12.0 Å². The molecule has 2 unspecified atom stereocenters. The van der Waals surface area contributed by atoms with Crippen LogP contribution in [0, 0.1) is 5.82 Å². The van der Waals surface area contributed by atoms with E-state index >= 15 is 0 Å². The molecule has 5 nitrogen and oxygen atoms in total. The van der Waals surface area contributed by atoms with Crippen molar-refractivity contribution in [3.05, 3.63) is 59.7 Å². The number of carbonyl (C=O) groups is 1. The van der Waals surface area contributed by atoms with Crippen LogP contribution in [0.1, 0.15) is 34.9 Å². The zero-order valence-electron chi connectivity index (χ0n) is 13.4. The summed E-state index contributed by atoms with van der Waals surface area (Å²) in [6, 6.07) is 7.66. The van der Waals surface area contributed by atoms with E-state index < -0.39 is 0 Å². The fourth-order valence-electron chi connectivity index (χ4n) is 2.96. The van der Waals surface area contributed by atoms with Gasteiger partial charge in [0.1, 0.15) is 11.6 Å². The number of carbonyl (C=O) groups excluding carboxylic acids is 1. The summed E-state index contributed by atoms with van der Waals surface area (Å²) >= 11 is 0. The Bertz CT molecular complexity index is 720. The molecule has 1 saturated heterocycles. The molecular weight excluding hydrogens is 311 g/mol. The smallest absolute Gasteiger partial charge is 0.255 e. The third-order valence-corrected chi connectivity index (χ3v) is 4.34. The first-order valence-electron chi connectivity index (χ1n) is 7.83. The van der Waals surface area contributed by atoms with Crippen molar-refractivity contribution in [2.24, 2.45) is 0 Å². The Kier molecular flexibility index (Phi) is 4.76. The summed E-state index contributed by atoms with van der Waals surface area (Å²) in [5.41, 5.74) is 1.25. The number of hydrogen-bond donors (Lipinski definition) is 1. The SMILES string of the molecule is CN(C(=O)c1cncc(O)c1)C1CCOC(c2ccc(F)cc2)C1. The van der Waals surface area contributed by atoms with Crippen LogP contribution in [0.4, 0.5) is 4.39 Å². The Balaban J connectivity index is 1.71. The van der Waals surface area contributed by atoms with Crippen molar-refractivity contribution in [2.45, 2.75) is 25.0 Å². The number of hydrogen-bond acceptors (Lipinski definition) is 4. The lowest BCUT2D eigenvalue weighted by molar-refractivity contribution is -0.0197. The van der Waals surface area contributed by atoms with Crippen LogP contribution in [0.3, 0.4) is 0 Å². The predicted molar refractivity (Wildman–Crippen MR) is 86.1 cm³/mol. The highest BCUT2D eigenvalue weighted by Gasteiger charge is 2.29. The van der Waals surface area contributed by atoms with Crippen molar-refractivity contribution in [3.63, 3.8) is 0 Å². The van der Waals surface area contributed by atoms with Crippen molar-refractivity contribution in [2.75, 3.05) is 13.7 Å². The number of rotatable bonds is 3. The number of nitrogens with zero attached hydrogens (tertiary/aromatic N) is 2. The minimum Gasteiger partial charge on any atom is -0.506 e. The highest BCUT2D eigenvalue weighted by molar-refractivity contribution is 5.94. The molecule has 1 fully saturated rings. The Morgan fingerprint density at radius 3 is 2.79 bits per heavy atom. The van der Waals surface area contributed by atoms with Crippen LogP contribution < -0.4 is 0 Å². The lowest BCUT2D eigenvalue weighted by atomic mass is 9.96. The van der Waals surface area contributed by atoms with Gasteiger partial charge < -0.3 is 14.7 Å². The van der Waals surface area contributed by atoms with Gasteiger partial charge in [0.15, 0.2) is 0 Å². The minimum absolute atomic E-state index is 0.00338. The van der Waals surface area contributed by atoms with E-state index in [9.17, 15) is 14.3 Å². The molecule has 2 aromatic rings. The molecule has 0 radical (unpaired) electrons. The van der Waals surface area contributed by atoms with Crippen LogP contribution in [0.25, 0.3) is 0 Å². The van der Waals surface area contributed by atoms with Gasteiger partial charge in [-0.05, 0) is 36.6 Å². The molecule has 6 heteroatoms. The average Bonchev–Trinajstić information content (AvgIpc) is 2.61. The first-order valence-corrected chi connectivity index (χ1v) is 7.83. The van der Waals surface area contributed by atoms with Gasteiger partial charge in [-0.3, -0.25) is 9.78 Å². The van der Waals surface area contributed by atoms with Gasteiger partial charge in [-0.1, -0.05) is 12.1 Å². The molecular formula is C18H19FN2O3. The lowest BCUT2D eigenvalue weighted by Crippen LogP contribution is -2.41. The number of halogens is 1. The van der Waals surface area contributed by atoms with Gasteiger partial charge in [0.05, 0.1) is 17.9 Å². The van der Waals surface area contributed by atoms with Gasteiger partial charge in [0, 0.05) is 25.9 Å². The topological polar surface area (TPSA) is 62.7 Å². The largest absolute Gasteiger partial charge is 0.506 e. The molecule has 2 heterocycles. The minimum atomic E-state index is -0.283. The van der Waals surface area contributed by atoms with Crippen LogP contribution in [0.2, 0.25) is 0 Å². The van der Waals surface area contributed by atoms with Crippen LogP contribution >= 0.6 is 0 Å². The fourth-order valence-corrected chi connectivity index (χ4v) is 2.96. The standard InChI is InChI=1S/C18H19FN2O3/c1-21(18(23)13-8-16(22)11-20-10-13)15-6-7-24-17(9-15)12-2-4-14(19)5-3-12/h2-5,8,10-11,15,17,22H,6-7,9H2,1H3. The molecule has 1 aliphatic heterocycles. The van der Waals surface area contributed by atoms with Crippen LogP contribution in [0.5, 0.6) is 5.75 Å². The van der Waals surface area contributed by atoms with Crippen LogP contribution in [-0.2, 0) is 4.74 Å². The molecule has 0 aliphatic carbocycles. The highest BCUT2D eigenvalue weighted by Crippen LogP contribution is 2.31. The first kappa shape index (κ1) is 16.4. The molecule has 2 atom stereocenters. The molecule has 1 N–H and O–H groups in total. The molecule has 3 rings (SSSR count). The summed E-state index contributed by atoms with van der Waals surface area (Å²) in [6.07, 6.45) is 3.93. The van der Waals surface area contributed by atoms with Gasteiger partial charge in [0.2, 0.25) is 0 Å². The molecule has 0 saturated carbocycles. The van der Waals surface area contributed by atoms with Crippen LogP contribution in [-0.4, -0.2) is 40.6 Å². The maximum Gasteiger partial charge on any atom is 0.255 e. The number of ether oxygens (including phenoxy) is 1. The van der Waals surface area contributed by atoms with Crippen molar-refractivity contribution in [3.8, 4) is 5.75 Å². The molecule has 0 spiro atoms. The second-order valence-corrected chi connectivity index (χ2v) is 5.94. The Morgan fingerprint density at radius 2 is 2.08 bits per heavy atom. The predicted octanol–water partition coefficient (Wildman–Crippen LogP) is 2.92.